The smallest absolute Gasteiger partial charge is 0.0573 e. The van der Waals surface area contributed by atoms with Crippen LogP contribution in [0.15, 0.2) is 0 Å². The number of rotatable bonds is 3. The van der Waals surface area contributed by atoms with Gasteiger partial charge in [-0.1, -0.05) is 18.8 Å². The van der Waals surface area contributed by atoms with Crippen LogP contribution < -0.4 is 5.32 Å². The molecule has 56 valence electrons. The highest BCUT2D eigenvalue weighted by molar-refractivity contribution is 4.87. The van der Waals surface area contributed by atoms with Crippen molar-refractivity contribution in [1.29, 1.82) is 0 Å². The van der Waals surface area contributed by atoms with Gasteiger partial charge in [-0.15, -0.1) is 6.42 Å². The first-order valence-corrected chi connectivity index (χ1v) is 4.07. The van der Waals surface area contributed by atoms with E-state index in [1.54, 1.807) is 0 Å². The van der Waals surface area contributed by atoms with Gasteiger partial charge in [0.15, 0.2) is 0 Å². The average molecular weight is 137 g/mol. The zero-order valence-electron chi connectivity index (χ0n) is 6.40. The molecule has 0 aromatic rings. The molecule has 1 aliphatic rings. The van der Waals surface area contributed by atoms with E-state index >= 15 is 0 Å². The molecule has 0 aliphatic heterocycles. The topological polar surface area (TPSA) is 12.0 Å². The van der Waals surface area contributed by atoms with Crippen molar-refractivity contribution in [1.82, 2.24) is 5.32 Å². The van der Waals surface area contributed by atoms with Gasteiger partial charge in [0.1, 0.15) is 0 Å². The number of terminal acetylenes is 1. The molecule has 1 heteroatoms. The monoisotopic (exact) mass is 137 g/mol. The highest BCUT2D eigenvalue weighted by Gasteiger charge is 2.13. The van der Waals surface area contributed by atoms with Gasteiger partial charge in [0.2, 0.25) is 0 Å². The lowest BCUT2D eigenvalue weighted by atomic mass is 10.1. The third-order valence-electron chi connectivity index (χ3n) is 2.13. The minimum Gasteiger partial charge on any atom is -0.306 e. The van der Waals surface area contributed by atoms with Gasteiger partial charge in [-0.05, 0) is 25.3 Å². The van der Waals surface area contributed by atoms with Gasteiger partial charge >= 0.3 is 0 Å². The van der Waals surface area contributed by atoms with Crippen molar-refractivity contribution >= 4 is 0 Å². The maximum absolute atomic E-state index is 5.10. The molecule has 0 saturated heterocycles. The van der Waals surface area contributed by atoms with Crippen LogP contribution in [0.5, 0.6) is 0 Å². The van der Waals surface area contributed by atoms with E-state index in [9.17, 15) is 0 Å². The highest BCUT2D eigenvalue weighted by Crippen LogP contribution is 2.23. The van der Waals surface area contributed by atoms with Crippen molar-refractivity contribution in [3.63, 3.8) is 0 Å². The molecule has 0 spiro atoms. The third kappa shape index (κ3) is 2.41. The third-order valence-corrected chi connectivity index (χ3v) is 2.13. The van der Waals surface area contributed by atoms with Gasteiger partial charge in [0, 0.05) is 0 Å². The van der Waals surface area contributed by atoms with Crippen molar-refractivity contribution < 1.29 is 0 Å². The molecular formula is C9H15N. The summed E-state index contributed by atoms with van der Waals surface area (Å²) in [6, 6.07) is 0. The summed E-state index contributed by atoms with van der Waals surface area (Å²) in [4.78, 5) is 0. The molecule has 0 aromatic carbocycles. The quantitative estimate of drug-likeness (QED) is 0.458. The molecule has 10 heavy (non-hydrogen) atoms. The Hall–Kier alpha value is -0.480. The van der Waals surface area contributed by atoms with E-state index in [1.807, 2.05) is 0 Å². The molecule has 1 aliphatic carbocycles. The zero-order chi connectivity index (χ0) is 7.23. The molecule has 0 atom stereocenters. The van der Waals surface area contributed by atoms with E-state index in [0.717, 1.165) is 19.0 Å². The fourth-order valence-electron chi connectivity index (χ4n) is 1.56. The zero-order valence-corrected chi connectivity index (χ0v) is 6.40. The second-order valence-corrected chi connectivity index (χ2v) is 2.99. The molecule has 0 heterocycles. The SMILES string of the molecule is C#CCNCC1CCCC1. The number of hydrogen-bond donors (Lipinski definition) is 1. The van der Waals surface area contributed by atoms with Crippen LogP contribution in [-0.4, -0.2) is 13.1 Å². The van der Waals surface area contributed by atoms with Crippen molar-refractivity contribution in [2.45, 2.75) is 25.7 Å². The molecule has 0 aromatic heterocycles. The predicted molar refractivity (Wildman–Crippen MR) is 43.7 cm³/mol. The Morgan fingerprint density at radius 3 is 2.70 bits per heavy atom. The second-order valence-electron chi connectivity index (χ2n) is 2.99. The summed E-state index contributed by atoms with van der Waals surface area (Å²) in [7, 11) is 0. The minimum atomic E-state index is 0.733. The summed E-state index contributed by atoms with van der Waals surface area (Å²) in [5.74, 6) is 3.49. The van der Waals surface area contributed by atoms with Crippen molar-refractivity contribution in [2.75, 3.05) is 13.1 Å². The Morgan fingerprint density at radius 2 is 2.10 bits per heavy atom. The van der Waals surface area contributed by atoms with E-state index in [4.69, 9.17) is 6.42 Å². The Labute approximate surface area is 63.2 Å². The van der Waals surface area contributed by atoms with Crippen LogP contribution in [0.3, 0.4) is 0 Å². The maximum atomic E-state index is 5.10. The molecule has 1 saturated carbocycles. The van der Waals surface area contributed by atoms with Crippen molar-refractivity contribution in [3.05, 3.63) is 0 Å². The lowest BCUT2D eigenvalue weighted by molar-refractivity contribution is 0.507. The first-order valence-electron chi connectivity index (χ1n) is 4.07. The molecular weight excluding hydrogens is 122 g/mol. The van der Waals surface area contributed by atoms with Crippen LogP contribution in [0.25, 0.3) is 0 Å². The minimum absolute atomic E-state index is 0.733. The van der Waals surface area contributed by atoms with Crippen LogP contribution in [0.4, 0.5) is 0 Å². The molecule has 0 bridgehead atoms. The summed E-state index contributed by atoms with van der Waals surface area (Å²) in [5, 5.41) is 3.24. The average Bonchev–Trinajstić information content (AvgIpc) is 2.41. The van der Waals surface area contributed by atoms with Gasteiger partial charge in [0.05, 0.1) is 6.54 Å². The Morgan fingerprint density at radius 1 is 1.40 bits per heavy atom. The fourth-order valence-corrected chi connectivity index (χ4v) is 1.56. The standard InChI is InChI=1S/C9H15N/c1-2-7-10-8-9-5-3-4-6-9/h1,9-10H,3-8H2. The number of hydrogen-bond acceptors (Lipinski definition) is 1. The summed E-state index contributed by atoms with van der Waals surface area (Å²) >= 11 is 0. The van der Waals surface area contributed by atoms with Gasteiger partial charge in [-0.3, -0.25) is 0 Å². The highest BCUT2D eigenvalue weighted by atomic mass is 14.8. The summed E-state index contributed by atoms with van der Waals surface area (Å²) < 4.78 is 0. The molecule has 1 fully saturated rings. The first kappa shape index (κ1) is 7.63. The van der Waals surface area contributed by atoms with E-state index < -0.39 is 0 Å². The summed E-state index contributed by atoms with van der Waals surface area (Å²) in [5.41, 5.74) is 0. The molecule has 0 unspecified atom stereocenters. The van der Waals surface area contributed by atoms with Gasteiger partial charge in [-0.25, -0.2) is 0 Å². The first-order chi connectivity index (χ1) is 4.93. The summed E-state index contributed by atoms with van der Waals surface area (Å²) in [6.07, 6.45) is 10.7. The molecule has 1 nitrogen and oxygen atoms in total. The molecule has 0 amide bonds. The maximum Gasteiger partial charge on any atom is 0.0573 e. The van der Waals surface area contributed by atoms with Gasteiger partial charge in [0.25, 0.3) is 0 Å². The van der Waals surface area contributed by atoms with Gasteiger partial charge < -0.3 is 5.32 Å². The Balaban J connectivity index is 1.97. The number of nitrogens with one attached hydrogen (secondary N) is 1. The van der Waals surface area contributed by atoms with E-state index in [-0.39, 0.29) is 0 Å². The van der Waals surface area contributed by atoms with Crippen LogP contribution in [0.2, 0.25) is 0 Å². The molecule has 0 radical (unpaired) electrons. The van der Waals surface area contributed by atoms with Crippen LogP contribution in [-0.2, 0) is 0 Å². The molecule has 1 rings (SSSR count). The lowest BCUT2D eigenvalue weighted by Gasteiger charge is -2.07. The largest absolute Gasteiger partial charge is 0.306 e. The second kappa shape index (κ2) is 4.35. The summed E-state index contributed by atoms with van der Waals surface area (Å²) in [6.45, 7) is 1.86. The van der Waals surface area contributed by atoms with E-state index in [2.05, 4.69) is 11.2 Å². The van der Waals surface area contributed by atoms with Crippen LogP contribution >= 0.6 is 0 Å². The normalized spacial score (nSPS) is 19.1. The van der Waals surface area contributed by atoms with E-state index in [0.29, 0.717) is 0 Å². The fraction of sp³-hybridized carbons (Fsp3) is 0.778. The Kier molecular flexibility index (Phi) is 3.32. The van der Waals surface area contributed by atoms with E-state index in [1.165, 1.54) is 25.7 Å². The van der Waals surface area contributed by atoms with Gasteiger partial charge in [-0.2, -0.15) is 0 Å². The van der Waals surface area contributed by atoms with Crippen molar-refractivity contribution in [3.8, 4) is 12.3 Å². The molecule has 1 N–H and O–H groups in total. The van der Waals surface area contributed by atoms with Crippen LogP contribution in [0, 0.1) is 18.3 Å². The predicted octanol–water partition coefficient (Wildman–Crippen LogP) is 1.40. The lowest BCUT2D eigenvalue weighted by Crippen LogP contribution is -2.21. The van der Waals surface area contributed by atoms with Crippen LogP contribution in [0.1, 0.15) is 25.7 Å². The van der Waals surface area contributed by atoms with Crippen molar-refractivity contribution in [2.24, 2.45) is 5.92 Å². The Bertz CT molecular complexity index is 117.